The molecule has 0 aliphatic rings. The summed E-state index contributed by atoms with van der Waals surface area (Å²) in [6.45, 7) is 0. The molecule has 0 spiro atoms. The highest BCUT2D eigenvalue weighted by Gasteiger charge is 2.39. The molecule has 1 aromatic carbocycles. The topological polar surface area (TPSA) is 69.2 Å². The van der Waals surface area contributed by atoms with Crippen LogP contribution in [0.4, 0.5) is 33.3 Å². The summed E-state index contributed by atoms with van der Waals surface area (Å²) >= 11 is 0. The van der Waals surface area contributed by atoms with Crippen molar-refractivity contribution in [1.29, 1.82) is 0 Å². The molecule has 0 bridgehead atoms. The molecular weight excluding hydrogens is 239 g/mol. The van der Waals surface area contributed by atoms with Gasteiger partial charge < -0.3 is 5.73 Å². The van der Waals surface area contributed by atoms with E-state index in [0.717, 1.165) is 0 Å². The Balaban J connectivity index is 3.61. The summed E-state index contributed by atoms with van der Waals surface area (Å²) in [6.07, 6.45) is -5.23. The Kier molecular flexibility index (Phi) is 2.71. The molecule has 0 aliphatic carbocycles. The van der Waals surface area contributed by atoms with Gasteiger partial charge in [-0.2, -0.15) is 13.2 Å². The molecule has 0 saturated heterocycles. The van der Waals surface area contributed by atoms with Gasteiger partial charge in [0.2, 0.25) is 0 Å². The number of rotatable bonds is 1. The average Bonchev–Trinajstić information content (AvgIpc) is 2.11. The van der Waals surface area contributed by atoms with Gasteiger partial charge >= 0.3 is 6.18 Å². The van der Waals surface area contributed by atoms with E-state index in [4.69, 9.17) is 5.73 Å². The molecule has 0 aliphatic heterocycles. The number of benzene rings is 1. The third kappa shape index (κ3) is 1.88. The zero-order valence-electron chi connectivity index (χ0n) is 7.31. The van der Waals surface area contributed by atoms with Gasteiger partial charge in [0.25, 0.3) is 5.69 Å². The van der Waals surface area contributed by atoms with Crippen LogP contribution in [-0.4, -0.2) is 4.92 Å². The number of nitrogens with two attached hydrogens (primary N) is 1. The van der Waals surface area contributed by atoms with E-state index in [2.05, 4.69) is 0 Å². The third-order valence-corrected chi connectivity index (χ3v) is 1.72. The Labute approximate surface area is 84.6 Å². The summed E-state index contributed by atoms with van der Waals surface area (Å²) < 4.78 is 62.0. The fourth-order valence-electron chi connectivity index (χ4n) is 0.984. The lowest BCUT2D eigenvalue weighted by molar-refractivity contribution is -0.384. The summed E-state index contributed by atoms with van der Waals surface area (Å²) in [5.74, 6) is -4.34. The highest BCUT2D eigenvalue weighted by molar-refractivity contribution is 5.61. The number of nitro benzene ring substituents is 1. The molecule has 0 radical (unpaired) electrons. The zero-order valence-corrected chi connectivity index (χ0v) is 7.31. The van der Waals surface area contributed by atoms with Crippen LogP contribution in [0.1, 0.15) is 5.56 Å². The van der Waals surface area contributed by atoms with E-state index in [-0.39, 0.29) is 6.07 Å². The van der Waals surface area contributed by atoms with Gasteiger partial charge in [0.05, 0.1) is 4.92 Å². The lowest BCUT2D eigenvalue weighted by Crippen LogP contribution is -2.12. The van der Waals surface area contributed by atoms with Crippen molar-refractivity contribution >= 4 is 11.4 Å². The van der Waals surface area contributed by atoms with Gasteiger partial charge in [0.15, 0.2) is 11.6 Å². The normalized spacial score (nSPS) is 11.6. The molecule has 16 heavy (non-hydrogen) atoms. The van der Waals surface area contributed by atoms with Crippen molar-refractivity contribution in [3.8, 4) is 0 Å². The van der Waals surface area contributed by atoms with Crippen LogP contribution < -0.4 is 5.73 Å². The Morgan fingerprint density at radius 1 is 1.25 bits per heavy atom. The standard InChI is InChI=1S/C7H3F5N2O2/c8-4-2(7(10,11)12)1-3(14(15)16)6(13)5(4)9/h1H,13H2. The van der Waals surface area contributed by atoms with Crippen LogP contribution in [0.2, 0.25) is 0 Å². The molecule has 0 aromatic heterocycles. The molecular formula is C7H3F5N2O2. The number of hydrogen-bond acceptors (Lipinski definition) is 3. The van der Waals surface area contributed by atoms with Crippen molar-refractivity contribution in [2.75, 3.05) is 5.73 Å². The first-order valence-corrected chi connectivity index (χ1v) is 3.65. The molecule has 0 heterocycles. The van der Waals surface area contributed by atoms with Gasteiger partial charge in [0.1, 0.15) is 11.3 Å². The molecule has 1 rings (SSSR count). The van der Waals surface area contributed by atoms with Gasteiger partial charge in [-0.15, -0.1) is 0 Å². The fourth-order valence-corrected chi connectivity index (χ4v) is 0.984. The Hall–Kier alpha value is -1.93. The minimum Gasteiger partial charge on any atom is -0.391 e. The van der Waals surface area contributed by atoms with Crippen LogP contribution in [0, 0.1) is 21.7 Å². The number of nitrogen functional groups attached to an aromatic ring is 1. The number of alkyl halides is 3. The van der Waals surface area contributed by atoms with Crippen molar-refractivity contribution < 1.29 is 26.9 Å². The second-order valence-electron chi connectivity index (χ2n) is 2.74. The van der Waals surface area contributed by atoms with Crippen LogP contribution in [0.3, 0.4) is 0 Å². The molecule has 0 atom stereocenters. The molecule has 88 valence electrons. The molecule has 0 saturated carbocycles. The Morgan fingerprint density at radius 3 is 2.12 bits per heavy atom. The fraction of sp³-hybridized carbons (Fsp3) is 0.143. The zero-order chi connectivity index (χ0) is 12.7. The van der Waals surface area contributed by atoms with Crippen LogP contribution in [-0.2, 0) is 6.18 Å². The monoisotopic (exact) mass is 242 g/mol. The Bertz CT molecular complexity index is 457. The van der Waals surface area contributed by atoms with Crippen molar-refractivity contribution in [2.45, 2.75) is 6.18 Å². The second kappa shape index (κ2) is 3.58. The number of nitrogens with zero attached hydrogens (tertiary/aromatic N) is 1. The molecule has 0 amide bonds. The van der Waals surface area contributed by atoms with Crippen molar-refractivity contribution in [3.63, 3.8) is 0 Å². The highest BCUT2D eigenvalue weighted by atomic mass is 19.4. The summed E-state index contributed by atoms with van der Waals surface area (Å²) in [5, 5.41) is 10.2. The summed E-state index contributed by atoms with van der Waals surface area (Å²) in [7, 11) is 0. The molecule has 4 nitrogen and oxygen atoms in total. The summed E-state index contributed by atoms with van der Waals surface area (Å²) in [4.78, 5) is 8.91. The van der Waals surface area contributed by atoms with Crippen molar-refractivity contribution in [3.05, 3.63) is 33.4 Å². The number of halogens is 5. The summed E-state index contributed by atoms with van der Waals surface area (Å²) in [5.41, 5.74) is 0.113. The average molecular weight is 242 g/mol. The maximum absolute atomic E-state index is 12.8. The predicted octanol–water partition coefficient (Wildman–Crippen LogP) is 2.47. The SMILES string of the molecule is Nc1c([N+](=O)[O-])cc(C(F)(F)F)c(F)c1F. The van der Waals surface area contributed by atoms with E-state index < -0.39 is 39.7 Å². The number of hydrogen-bond donors (Lipinski definition) is 1. The number of nitro groups is 1. The van der Waals surface area contributed by atoms with Crippen LogP contribution in [0.15, 0.2) is 6.07 Å². The maximum Gasteiger partial charge on any atom is 0.419 e. The van der Waals surface area contributed by atoms with Gasteiger partial charge in [-0.25, -0.2) is 8.78 Å². The van der Waals surface area contributed by atoms with E-state index in [0.29, 0.717) is 0 Å². The van der Waals surface area contributed by atoms with Crippen LogP contribution in [0.25, 0.3) is 0 Å². The lowest BCUT2D eigenvalue weighted by Gasteiger charge is -2.09. The lowest BCUT2D eigenvalue weighted by atomic mass is 10.1. The Morgan fingerprint density at radius 2 is 1.75 bits per heavy atom. The van der Waals surface area contributed by atoms with E-state index in [9.17, 15) is 32.1 Å². The quantitative estimate of drug-likeness (QED) is 0.356. The first-order valence-electron chi connectivity index (χ1n) is 3.65. The van der Waals surface area contributed by atoms with E-state index in [1.54, 1.807) is 0 Å². The van der Waals surface area contributed by atoms with Crippen LogP contribution >= 0.6 is 0 Å². The van der Waals surface area contributed by atoms with Gasteiger partial charge in [0, 0.05) is 6.07 Å². The minimum absolute atomic E-state index is 0.145. The summed E-state index contributed by atoms with van der Waals surface area (Å²) in [6, 6.07) is -0.145. The second-order valence-corrected chi connectivity index (χ2v) is 2.74. The highest BCUT2D eigenvalue weighted by Crippen LogP contribution is 2.37. The van der Waals surface area contributed by atoms with E-state index in [1.165, 1.54) is 0 Å². The molecule has 0 fully saturated rings. The minimum atomic E-state index is -5.23. The molecule has 1 aromatic rings. The molecule has 2 N–H and O–H groups in total. The van der Waals surface area contributed by atoms with Crippen molar-refractivity contribution in [2.24, 2.45) is 0 Å². The third-order valence-electron chi connectivity index (χ3n) is 1.72. The first-order chi connectivity index (χ1) is 7.16. The predicted molar refractivity (Wildman–Crippen MR) is 42.4 cm³/mol. The maximum atomic E-state index is 12.8. The van der Waals surface area contributed by atoms with Gasteiger partial charge in [-0.3, -0.25) is 10.1 Å². The van der Waals surface area contributed by atoms with E-state index in [1.807, 2.05) is 0 Å². The van der Waals surface area contributed by atoms with Gasteiger partial charge in [-0.05, 0) is 0 Å². The van der Waals surface area contributed by atoms with E-state index >= 15 is 0 Å². The number of anilines is 1. The van der Waals surface area contributed by atoms with Crippen molar-refractivity contribution in [1.82, 2.24) is 0 Å². The van der Waals surface area contributed by atoms with Crippen LogP contribution in [0.5, 0.6) is 0 Å². The smallest absolute Gasteiger partial charge is 0.391 e. The molecule has 0 unspecified atom stereocenters. The molecule has 9 heteroatoms. The largest absolute Gasteiger partial charge is 0.419 e. The van der Waals surface area contributed by atoms with Gasteiger partial charge in [-0.1, -0.05) is 0 Å². The first kappa shape index (κ1) is 12.1.